The van der Waals surface area contributed by atoms with Crippen LogP contribution in [0.2, 0.25) is 0 Å². The molecule has 9 heteroatoms. The first kappa shape index (κ1) is 16.9. The highest BCUT2D eigenvalue weighted by atomic mass is 32.2. The number of likely N-dealkylation sites (tertiary alicyclic amines) is 1. The number of oxazole rings is 1. The lowest BCUT2D eigenvalue weighted by molar-refractivity contribution is -0.134. The number of carbonyl (C=O) groups excluding carboxylic acids is 3. The van der Waals surface area contributed by atoms with E-state index in [-0.39, 0.29) is 35.4 Å². The quantitative estimate of drug-likeness (QED) is 0.802. The Morgan fingerprint density at radius 2 is 1.88 bits per heavy atom. The number of aromatic nitrogens is 1. The molecule has 0 atom stereocenters. The highest BCUT2D eigenvalue weighted by molar-refractivity contribution is 8.14. The van der Waals surface area contributed by atoms with Crippen LogP contribution in [-0.4, -0.2) is 56.3 Å². The number of carbonyl (C=O) groups is 3. The molecule has 8 nitrogen and oxygen atoms in total. The number of piperidine rings is 1. The van der Waals surface area contributed by atoms with E-state index in [0.29, 0.717) is 37.0 Å². The first-order valence-corrected chi connectivity index (χ1v) is 9.38. The van der Waals surface area contributed by atoms with Crippen LogP contribution >= 0.6 is 11.8 Å². The topological polar surface area (TPSA) is 92.8 Å². The van der Waals surface area contributed by atoms with Gasteiger partial charge in [0, 0.05) is 19.1 Å². The Labute approximate surface area is 152 Å². The SMILES string of the molecule is O=C(Cn1c(=O)oc2ccccc21)N1CCC(N2C(=O)CSC2=O)CC1. The maximum absolute atomic E-state index is 12.6. The Bertz CT molecular complexity index is 925. The van der Waals surface area contributed by atoms with E-state index in [9.17, 15) is 19.2 Å². The van der Waals surface area contributed by atoms with E-state index in [2.05, 4.69) is 0 Å². The first-order valence-electron chi connectivity index (χ1n) is 8.39. The molecule has 26 heavy (non-hydrogen) atoms. The minimum absolute atomic E-state index is 0.0854. The third-order valence-electron chi connectivity index (χ3n) is 4.83. The van der Waals surface area contributed by atoms with Crippen molar-refractivity contribution >= 4 is 39.9 Å². The van der Waals surface area contributed by atoms with Gasteiger partial charge < -0.3 is 9.32 Å². The van der Waals surface area contributed by atoms with Gasteiger partial charge in [-0.25, -0.2) is 4.79 Å². The molecule has 0 radical (unpaired) electrons. The first-order chi connectivity index (χ1) is 12.5. The number of para-hydroxylation sites is 2. The molecule has 2 aromatic rings. The normalized spacial score (nSPS) is 18.9. The number of hydrogen-bond acceptors (Lipinski definition) is 6. The van der Waals surface area contributed by atoms with E-state index in [0.717, 1.165) is 11.8 Å². The molecule has 4 rings (SSSR count). The van der Waals surface area contributed by atoms with Gasteiger partial charge in [0.1, 0.15) is 6.54 Å². The van der Waals surface area contributed by atoms with Gasteiger partial charge in [-0.05, 0) is 25.0 Å². The summed E-state index contributed by atoms with van der Waals surface area (Å²) < 4.78 is 6.48. The largest absolute Gasteiger partial charge is 0.420 e. The Kier molecular flexibility index (Phi) is 4.31. The van der Waals surface area contributed by atoms with Crippen molar-refractivity contribution in [3.05, 3.63) is 34.8 Å². The van der Waals surface area contributed by atoms with Crippen LogP contribution in [0.15, 0.2) is 33.5 Å². The van der Waals surface area contributed by atoms with Crippen molar-refractivity contribution < 1.29 is 18.8 Å². The van der Waals surface area contributed by atoms with Crippen molar-refractivity contribution in [1.82, 2.24) is 14.4 Å². The van der Waals surface area contributed by atoms with Gasteiger partial charge >= 0.3 is 5.76 Å². The molecular formula is C17H17N3O5S. The Hall–Kier alpha value is -2.55. The monoisotopic (exact) mass is 375 g/mol. The van der Waals surface area contributed by atoms with Crippen LogP contribution < -0.4 is 5.76 Å². The van der Waals surface area contributed by atoms with Crippen LogP contribution in [0, 0.1) is 0 Å². The molecule has 0 spiro atoms. The zero-order valence-corrected chi connectivity index (χ0v) is 14.7. The van der Waals surface area contributed by atoms with Gasteiger partial charge in [-0.2, -0.15) is 0 Å². The van der Waals surface area contributed by atoms with E-state index in [1.165, 1.54) is 9.47 Å². The van der Waals surface area contributed by atoms with Gasteiger partial charge in [0.2, 0.25) is 11.8 Å². The number of nitrogens with zero attached hydrogens (tertiary/aromatic N) is 3. The van der Waals surface area contributed by atoms with E-state index in [1.807, 2.05) is 0 Å². The zero-order valence-electron chi connectivity index (χ0n) is 13.9. The number of fused-ring (bicyclic) bond motifs is 1. The highest BCUT2D eigenvalue weighted by Crippen LogP contribution is 2.26. The third kappa shape index (κ3) is 2.92. The summed E-state index contributed by atoms with van der Waals surface area (Å²) in [5.41, 5.74) is 1.04. The lowest BCUT2D eigenvalue weighted by Gasteiger charge is -2.35. The molecule has 136 valence electrons. The summed E-state index contributed by atoms with van der Waals surface area (Å²) in [6, 6.07) is 6.83. The lowest BCUT2D eigenvalue weighted by atomic mass is 10.0. The summed E-state index contributed by atoms with van der Waals surface area (Å²) in [7, 11) is 0. The van der Waals surface area contributed by atoms with Crippen molar-refractivity contribution in [3.63, 3.8) is 0 Å². The molecule has 0 saturated carbocycles. The van der Waals surface area contributed by atoms with Crippen LogP contribution in [-0.2, 0) is 16.1 Å². The molecule has 0 unspecified atom stereocenters. The lowest BCUT2D eigenvalue weighted by Crippen LogP contribution is -2.49. The van der Waals surface area contributed by atoms with Gasteiger partial charge in [-0.15, -0.1) is 0 Å². The molecule has 2 aliphatic heterocycles. The molecule has 0 aliphatic carbocycles. The summed E-state index contributed by atoms with van der Waals surface area (Å²) in [4.78, 5) is 51.2. The van der Waals surface area contributed by atoms with Crippen LogP contribution in [0.1, 0.15) is 12.8 Å². The standard InChI is InChI=1S/C17H17N3O5S/c21-14(9-19-12-3-1-2-4-13(12)25-16(19)23)18-7-5-11(6-8-18)20-15(22)10-26-17(20)24/h1-4,11H,5-10H2. The Morgan fingerprint density at radius 3 is 2.58 bits per heavy atom. The average Bonchev–Trinajstić information content (AvgIpc) is 3.14. The predicted molar refractivity (Wildman–Crippen MR) is 94.8 cm³/mol. The van der Waals surface area contributed by atoms with Crippen LogP contribution in [0.5, 0.6) is 0 Å². The van der Waals surface area contributed by atoms with Gasteiger partial charge in [0.15, 0.2) is 5.58 Å². The van der Waals surface area contributed by atoms with E-state index < -0.39 is 5.76 Å². The number of hydrogen-bond donors (Lipinski definition) is 0. The zero-order chi connectivity index (χ0) is 18.3. The number of benzene rings is 1. The fourth-order valence-electron chi connectivity index (χ4n) is 3.49. The summed E-state index contributed by atoms with van der Waals surface area (Å²) in [5, 5.41) is -0.198. The second-order valence-electron chi connectivity index (χ2n) is 6.35. The Morgan fingerprint density at radius 1 is 1.15 bits per heavy atom. The van der Waals surface area contributed by atoms with Crippen LogP contribution in [0.4, 0.5) is 4.79 Å². The third-order valence-corrected chi connectivity index (χ3v) is 5.67. The van der Waals surface area contributed by atoms with Crippen LogP contribution in [0.3, 0.4) is 0 Å². The second kappa shape index (κ2) is 6.64. The molecule has 0 bridgehead atoms. The minimum atomic E-state index is -0.556. The smallest absolute Gasteiger partial charge is 0.408 e. The summed E-state index contributed by atoms with van der Waals surface area (Å²) in [5.74, 6) is -0.680. The molecule has 0 N–H and O–H groups in total. The van der Waals surface area contributed by atoms with Gasteiger partial charge in [0.05, 0.1) is 11.3 Å². The maximum atomic E-state index is 12.6. The van der Waals surface area contributed by atoms with Gasteiger partial charge in [-0.1, -0.05) is 23.9 Å². The Balaban J connectivity index is 1.42. The van der Waals surface area contributed by atoms with Gasteiger partial charge in [0.25, 0.3) is 5.24 Å². The number of rotatable bonds is 3. The van der Waals surface area contributed by atoms with E-state index in [1.54, 1.807) is 29.2 Å². The maximum Gasteiger partial charge on any atom is 0.420 e. The molecule has 2 fully saturated rings. The fourth-order valence-corrected chi connectivity index (χ4v) is 4.27. The van der Waals surface area contributed by atoms with Crippen molar-refractivity contribution in [2.75, 3.05) is 18.8 Å². The molecule has 1 aromatic heterocycles. The molecular weight excluding hydrogens is 358 g/mol. The number of thioether (sulfide) groups is 1. The molecule has 2 saturated heterocycles. The summed E-state index contributed by atoms with van der Waals surface area (Å²) >= 11 is 1.03. The van der Waals surface area contributed by atoms with Crippen molar-refractivity contribution in [1.29, 1.82) is 0 Å². The second-order valence-corrected chi connectivity index (χ2v) is 7.28. The molecule has 1 aromatic carbocycles. The van der Waals surface area contributed by atoms with Crippen molar-refractivity contribution in [3.8, 4) is 0 Å². The van der Waals surface area contributed by atoms with Crippen LogP contribution in [0.25, 0.3) is 11.1 Å². The fraction of sp³-hybridized carbons (Fsp3) is 0.412. The minimum Gasteiger partial charge on any atom is -0.408 e. The molecule has 3 amide bonds. The van der Waals surface area contributed by atoms with Crippen molar-refractivity contribution in [2.45, 2.75) is 25.4 Å². The summed E-state index contributed by atoms with van der Waals surface area (Å²) in [6.07, 6.45) is 1.12. The predicted octanol–water partition coefficient (Wildman–Crippen LogP) is 1.28. The van der Waals surface area contributed by atoms with Crippen molar-refractivity contribution in [2.24, 2.45) is 0 Å². The van der Waals surface area contributed by atoms with E-state index >= 15 is 0 Å². The van der Waals surface area contributed by atoms with E-state index in [4.69, 9.17) is 4.42 Å². The molecule has 3 heterocycles. The average molecular weight is 375 g/mol. The number of imide groups is 1. The number of amides is 3. The van der Waals surface area contributed by atoms with Gasteiger partial charge in [-0.3, -0.25) is 23.9 Å². The molecule has 2 aliphatic rings. The summed E-state index contributed by atoms with van der Waals surface area (Å²) in [6.45, 7) is 0.823. The highest BCUT2D eigenvalue weighted by Gasteiger charge is 2.38.